The Labute approximate surface area is 89.5 Å². The topological polar surface area (TPSA) is 59.2 Å². The highest BCUT2D eigenvalue weighted by molar-refractivity contribution is 5.89. The molecule has 0 aliphatic rings. The molecule has 0 aliphatic heterocycles. The highest BCUT2D eigenvalue weighted by Crippen LogP contribution is 2.13. The summed E-state index contributed by atoms with van der Waals surface area (Å²) in [5.41, 5.74) is 0. The van der Waals surface area contributed by atoms with Crippen LogP contribution in [0.4, 0.5) is 0 Å². The molecule has 0 aromatic carbocycles. The summed E-state index contributed by atoms with van der Waals surface area (Å²) in [6.07, 6.45) is 0. The van der Waals surface area contributed by atoms with Crippen LogP contribution < -0.4 is 0 Å². The third kappa shape index (κ3) is 2.55. The number of nitrogens with zero attached hydrogens (tertiary/aromatic N) is 3. The van der Waals surface area contributed by atoms with Crippen LogP contribution in [0.3, 0.4) is 0 Å². The summed E-state index contributed by atoms with van der Waals surface area (Å²) in [6.45, 7) is 7.73. The van der Waals surface area contributed by atoms with Gasteiger partial charge in [0.1, 0.15) is 0 Å². The summed E-state index contributed by atoms with van der Waals surface area (Å²) in [5.74, 6) is 0.471. The molecule has 5 nitrogen and oxygen atoms in total. The molecule has 0 aliphatic carbocycles. The molecular weight excluding hydrogens is 194 g/mol. The van der Waals surface area contributed by atoms with Gasteiger partial charge in [0, 0.05) is 19.0 Å². The zero-order chi connectivity index (χ0) is 11.6. The van der Waals surface area contributed by atoms with E-state index in [-0.39, 0.29) is 23.8 Å². The molecule has 1 amide bonds. The number of carbonyl (C=O) groups is 1. The molecule has 84 valence electrons. The fourth-order valence-electron chi connectivity index (χ4n) is 0.940. The Morgan fingerprint density at radius 2 is 1.87 bits per heavy atom. The van der Waals surface area contributed by atoms with Crippen LogP contribution in [-0.4, -0.2) is 34.1 Å². The molecule has 5 heteroatoms. The van der Waals surface area contributed by atoms with Gasteiger partial charge in [-0.3, -0.25) is 4.79 Å². The van der Waals surface area contributed by atoms with Crippen molar-refractivity contribution in [3.05, 3.63) is 11.8 Å². The molecule has 0 saturated heterocycles. The second-order valence-electron chi connectivity index (χ2n) is 4.11. The Hall–Kier alpha value is -1.39. The molecule has 15 heavy (non-hydrogen) atoms. The summed E-state index contributed by atoms with van der Waals surface area (Å²) >= 11 is 0. The van der Waals surface area contributed by atoms with Gasteiger partial charge in [-0.1, -0.05) is 13.8 Å². The number of aromatic nitrogens is 2. The lowest BCUT2D eigenvalue weighted by atomic mass is 10.2. The Morgan fingerprint density at radius 3 is 2.27 bits per heavy atom. The summed E-state index contributed by atoms with van der Waals surface area (Å²) in [6, 6.07) is 0.117. The van der Waals surface area contributed by atoms with E-state index >= 15 is 0 Å². The molecule has 0 unspecified atom stereocenters. The van der Waals surface area contributed by atoms with Crippen LogP contribution in [-0.2, 0) is 0 Å². The number of amides is 1. The van der Waals surface area contributed by atoms with Crippen molar-refractivity contribution in [3.63, 3.8) is 0 Å². The van der Waals surface area contributed by atoms with Crippen LogP contribution in [0.15, 0.2) is 4.42 Å². The second kappa shape index (κ2) is 4.42. The van der Waals surface area contributed by atoms with E-state index in [1.165, 1.54) is 0 Å². The predicted octanol–water partition coefficient (Wildman–Crippen LogP) is 1.67. The lowest BCUT2D eigenvalue weighted by Crippen LogP contribution is -2.33. The normalized spacial score (nSPS) is 11.1. The van der Waals surface area contributed by atoms with Crippen LogP contribution in [0.2, 0.25) is 0 Å². The fourth-order valence-corrected chi connectivity index (χ4v) is 0.940. The molecule has 1 heterocycles. The highest BCUT2D eigenvalue weighted by atomic mass is 16.4. The van der Waals surface area contributed by atoms with Crippen molar-refractivity contribution in [1.82, 2.24) is 15.1 Å². The van der Waals surface area contributed by atoms with Crippen LogP contribution in [0.25, 0.3) is 0 Å². The average molecular weight is 211 g/mol. The van der Waals surface area contributed by atoms with Gasteiger partial charge in [0.25, 0.3) is 0 Å². The summed E-state index contributed by atoms with van der Waals surface area (Å²) in [7, 11) is 1.71. The SMILES string of the molecule is CC(C)c1nnc(C(=O)N(C)C(C)C)o1. The third-order valence-corrected chi connectivity index (χ3v) is 2.21. The van der Waals surface area contributed by atoms with E-state index in [0.29, 0.717) is 5.89 Å². The number of rotatable bonds is 3. The maximum absolute atomic E-state index is 11.8. The molecule has 0 N–H and O–H groups in total. The highest BCUT2D eigenvalue weighted by Gasteiger charge is 2.21. The van der Waals surface area contributed by atoms with Gasteiger partial charge in [0.2, 0.25) is 5.89 Å². The van der Waals surface area contributed by atoms with Crippen molar-refractivity contribution in [2.45, 2.75) is 39.7 Å². The van der Waals surface area contributed by atoms with Crippen molar-refractivity contribution in [1.29, 1.82) is 0 Å². The Kier molecular flexibility index (Phi) is 3.44. The molecule has 1 aromatic rings. The van der Waals surface area contributed by atoms with E-state index in [0.717, 1.165) is 0 Å². The van der Waals surface area contributed by atoms with Crippen molar-refractivity contribution < 1.29 is 9.21 Å². The lowest BCUT2D eigenvalue weighted by Gasteiger charge is -2.18. The maximum Gasteiger partial charge on any atom is 0.311 e. The average Bonchev–Trinajstić information content (AvgIpc) is 2.64. The van der Waals surface area contributed by atoms with Gasteiger partial charge >= 0.3 is 11.8 Å². The van der Waals surface area contributed by atoms with E-state index in [2.05, 4.69) is 10.2 Å². The fraction of sp³-hybridized carbons (Fsp3) is 0.700. The van der Waals surface area contributed by atoms with Crippen molar-refractivity contribution in [3.8, 4) is 0 Å². The van der Waals surface area contributed by atoms with E-state index in [1.807, 2.05) is 27.7 Å². The standard InChI is InChI=1S/C10H17N3O2/c1-6(2)8-11-12-9(15-8)10(14)13(5)7(3)4/h6-7H,1-5H3. The van der Waals surface area contributed by atoms with Gasteiger partial charge in [0.05, 0.1) is 0 Å². The first-order chi connectivity index (χ1) is 6.93. The Bertz CT molecular complexity index is 344. The van der Waals surface area contributed by atoms with E-state index in [9.17, 15) is 4.79 Å². The van der Waals surface area contributed by atoms with Gasteiger partial charge in [-0.25, -0.2) is 0 Å². The van der Waals surface area contributed by atoms with Gasteiger partial charge in [0.15, 0.2) is 0 Å². The largest absolute Gasteiger partial charge is 0.417 e. The lowest BCUT2D eigenvalue weighted by molar-refractivity contribution is 0.0712. The van der Waals surface area contributed by atoms with Crippen LogP contribution in [0, 0.1) is 0 Å². The summed E-state index contributed by atoms with van der Waals surface area (Å²) in [5, 5.41) is 7.55. The van der Waals surface area contributed by atoms with Gasteiger partial charge in [-0.15, -0.1) is 10.2 Å². The van der Waals surface area contributed by atoms with Crippen LogP contribution >= 0.6 is 0 Å². The summed E-state index contributed by atoms with van der Waals surface area (Å²) < 4.78 is 5.26. The minimum absolute atomic E-state index is 0.0647. The first-order valence-corrected chi connectivity index (χ1v) is 5.04. The van der Waals surface area contributed by atoms with Crippen LogP contribution in [0.5, 0.6) is 0 Å². The Balaban J connectivity index is 2.83. The molecule has 1 aromatic heterocycles. The van der Waals surface area contributed by atoms with Crippen molar-refractivity contribution in [2.75, 3.05) is 7.05 Å². The molecular formula is C10H17N3O2. The first-order valence-electron chi connectivity index (χ1n) is 5.04. The zero-order valence-electron chi connectivity index (χ0n) is 9.81. The van der Waals surface area contributed by atoms with Crippen molar-refractivity contribution >= 4 is 5.91 Å². The second-order valence-corrected chi connectivity index (χ2v) is 4.11. The molecule has 0 fully saturated rings. The first kappa shape index (κ1) is 11.7. The predicted molar refractivity (Wildman–Crippen MR) is 55.6 cm³/mol. The Morgan fingerprint density at radius 1 is 1.27 bits per heavy atom. The number of carbonyl (C=O) groups excluding carboxylic acids is 1. The molecule has 1 rings (SSSR count). The monoisotopic (exact) mass is 211 g/mol. The quantitative estimate of drug-likeness (QED) is 0.763. The molecule has 0 bridgehead atoms. The van der Waals surface area contributed by atoms with E-state index < -0.39 is 0 Å². The van der Waals surface area contributed by atoms with E-state index in [1.54, 1.807) is 11.9 Å². The minimum Gasteiger partial charge on any atom is -0.417 e. The maximum atomic E-state index is 11.8. The van der Waals surface area contributed by atoms with Gasteiger partial charge in [-0.2, -0.15) is 0 Å². The van der Waals surface area contributed by atoms with Crippen LogP contribution in [0.1, 0.15) is 50.2 Å². The van der Waals surface area contributed by atoms with Gasteiger partial charge < -0.3 is 9.32 Å². The number of hydrogen-bond acceptors (Lipinski definition) is 4. The smallest absolute Gasteiger partial charge is 0.311 e. The molecule has 0 atom stereocenters. The summed E-state index contributed by atoms with van der Waals surface area (Å²) in [4.78, 5) is 13.3. The minimum atomic E-state index is -0.232. The third-order valence-electron chi connectivity index (χ3n) is 2.21. The molecule has 0 radical (unpaired) electrons. The zero-order valence-corrected chi connectivity index (χ0v) is 9.81. The van der Waals surface area contributed by atoms with E-state index in [4.69, 9.17) is 4.42 Å². The van der Waals surface area contributed by atoms with Gasteiger partial charge in [-0.05, 0) is 13.8 Å². The molecule has 0 spiro atoms. The molecule has 0 saturated carbocycles. The number of hydrogen-bond donors (Lipinski definition) is 0. The van der Waals surface area contributed by atoms with Crippen molar-refractivity contribution in [2.24, 2.45) is 0 Å².